The minimum atomic E-state index is -0.453. The van der Waals surface area contributed by atoms with Gasteiger partial charge in [0.1, 0.15) is 11.9 Å². The second-order valence-electron chi connectivity index (χ2n) is 5.40. The number of nitrogens with one attached hydrogen (secondary N) is 1. The minimum absolute atomic E-state index is 0. The Labute approximate surface area is 133 Å². The Balaban J connectivity index is 0.00000400. The third kappa shape index (κ3) is 6.82. The van der Waals surface area contributed by atoms with E-state index in [2.05, 4.69) is 5.32 Å². The predicted octanol–water partition coefficient (Wildman–Crippen LogP) is 2.67. The fourth-order valence-electron chi connectivity index (χ4n) is 1.84. The number of amides is 1. The second kappa shape index (κ2) is 9.64. The summed E-state index contributed by atoms with van der Waals surface area (Å²) >= 11 is 0. The van der Waals surface area contributed by atoms with Crippen molar-refractivity contribution in [1.29, 1.82) is 0 Å². The van der Waals surface area contributed by atoms with Crippen LogP contribution in [0.5, 0.6) is 5.75 Å². The quantitative estimate of drug-likeness (QED) is 0.813. The number of hydrogen-bond donors (Lipinski definition) is 2. The van der Waals surface area contributed by atoms with E-state index in [1.165, 1.54) is 0 Å². The first kappa shape index (κ1) is 19.7. The first-order chi connectivity index (χ1) is 9.43. The van der Waals surface area contributed by atoms with Gasteiger partial charge in [0.2, 0.25) is 5.91 Å². The molecule has 4 nitrogen and oxygen atoms in total. The summed E-state index contributed by atoms with van der Waals surface area (Å²) in [5.41, 5.74) is 7.03. The van der Waals surface area contributed by atoms with E-state index >= 15 is 0 Å². The molecule has 1 amide bonds. The van der Waals surface area contributed by atoms with Gasteiger partial charge in [-0.25, -0.2) is 0 Å². The van der Waals surface area contributed by atoms with Gasteiger partial charge in [0.25, 0.3) is 0 Å². The lowest BCUT2D eigenvalue weighted by Gasteiger charge is -2.20. The Hall–Kier alpha value is -1.26. The zero-order valence-electron chi connectivity index (χ0n) is 13.3. The van der Waals surface area contributed by atoms with Crippen LogP contribution in [-0.2, 0) is 4.79 Å². The molecule has 3 N–H and O–H groups in total. The SMILES string of the molecule is CCC(C)C(N)C(=O)NCC(C)Oc1cccc(C)c1.Cl. The molecule has 0 fully saturated rings. The van der Waals surface area contributed by atoms with Crippen LogP contribution >= 0.6 is 12.4 Å². The highest BCUT2D eigenvalue weighted by atomic mass is 35.5. The van der Waals surface area contributed by atoms with E-state index in [0.717, 1.165) is 17.7 Å². The topological polar surface area (TPSA) is 64.4 Å². The van der Waals surface area contributed by atoms with Gasteiger partial charge >= 0.3 is 0 Å². The van der Waals surface area contributed by atoms with E-state index in [4.69, 9.17) is 10.5 Å². The van der Waals surface area contributed by atoms with Crippen molar-refractivity contribution in [2.24, 2.45) is 11.7 Å². The van der Waals surface area contributed by atoms with Crippen LogP contribution in [0.2, 0.25) is 0 Å². The third-order valence-electron chi connectivity index (χ3n) is 3.45. The summed E-state index contributed by atoms with van der Waals surface area (Å²) in [6, 6.07) is 7.41. The molecule has 1 rings (SSSR count). The molecule has 1 aromatic carbocycles. The Morgan fingerprint density at radius 1 is 1.38 bits per heavy atom. The molecule has 120 valence electrons. The molecule has 0 aliphatic heterocycles. The van der Waals surface area contributed by atoms with Gasteiger partial charge in [0.15, 0.2) is 0 Å². The molecule has 0 heterocycles. The average Bonchev–Trinajstić information content (AvgIpc) is 2.43. The van der Waals surface area contributed by atoms with E-state index < -0.39 is 6.04 Å². The molecular formula is C16H27ClN2O2. The van der Waals surface area contributed by atoms with Crippen LogP contribution in [0.25, 0.3) is 0 Å². The van der Waals surface area contributed by atoms with Gasteiger partial charge in [-0.1, -0.05) is 32.4 Å². The summed E-state index contributed by atoms with van der Waals surface area (Å²) in [5.74, 6) is 0.889. The van der Waals surface area contributed by atoms with Crippen molar-refractivity contribution in [2.45, 2.75) is 46.3 Å². The highest BCUT2D eigenvalue weighted by Gasteiger charge is 2.19. The lowest BCUT2D eigenvalue weighted by molar-refractivity contribution is -0.123. The summed E-state index contributed by atoms with van der Waals surface area (Å²) < 4.78 is 5.76. The monoisotopic (exact) mass is 314 g/mol. The third-order valence-corrected chi connectivity index (χ3v) is 3.45. The fraction of sp³-hybridized carbons (Fsp3) is 0.562. The van der Waals surface area contributed by atoms with Crippen LogP contribution in [0.1, 0.15) is 32.8 Å². The van der Waals surface area contributed by atoms with E-state index in [9.17, 15) is 4.79 Å². The number of ether oxygens (including phenoxy) is 1. The van der Waals surface area contributed by atoms with E-state index in [-0.39, 0.29) is 30.3 Å². The largest absolute Gasteiger partial charge is 0.489 e. The summed E-state index contributed by atoms with van der Waals surface area (Å²) in [5, 5.41) is 2.84. The van der Waals surface area contributed by atoms with Gasteiger partial charge in [-0.15, -0.1) is 12.4 Å². The molecule has 0 radical (unpaired) electrons. The molecule has 0 spiro atoms. The van der Waals surface area contributed by atoms with Gasteiger partial charge in [0.05, 0.1) is 12.6 Å². The molecule has 0 bridgehead atoms. The number of carbonyl (C=O) groups is 1. The number of aryl methyl sites for hydroxylation is 1. The Morgan fingerprint density at radius 3 is 2.62 bits per heavy atom. The maximum Gasteiger partial charge on any atom is 0.237 e. The first-order valence-electron chi connectivity index (χ1n) is 7.20. The molecule has 3 unspecified atom stereocenters. The lowest BCUT2D eigenvalue weighted by Crippen LogP contribution is -2.47. The Bertz CT molecular complexity index is 440. The summed E-state index contributed by atoms with van der Waals surface area (Å²) in [4.78, 5) is 11.9. The molecule has 0 aromatic heterocycles. The number of halogens is 1. The number of carbonyl (C=O) groups excluding carboxylic acids is 1. The molecule has 5 heteroatoms. The second-order valence-corrected chi connectivity index (χ2v) is 5.40. The van der Waals surface area contributed by atoms with Crippen LogP contribution in [0.15, 0.2) is 24.3 Å². The number of hydrogen-bond acceptors (Lipinski definition) is 3. The zero-order valence-corrected chi connectivity index (χ0v) is 14.1. The zero-order chi connectivity index (χ0) is 15.1. The van der Waals surface area contributed by atoms with Crippen molar-refractivity contribution in [3.8, 4) is 5.75 Å². The lowest BCUT2D eigenvalue weighted by atomic mass is 9.99. The van der Waals surface area contributed by atoms with Gasteiger partial charge in [-0.3, -0.25) is 4.79 Å². The van der Waals surface area contributed by atoms with Gasteiger partial charge < -0.3 is 15.8 Å². The molecule has 0 aliphatic carbocycles. The van der Waals surface area contributed by atoms with Crippen molar-refractivity contribution in [3.05, 3.63) is 29.8 Å². The summed E-state index contributed by atoms with van der Waals surface area (Å²) in [7, 11) is 0. The van der Waals surface area contributed by atoms with Crippen molar-refractivity contribution in [2.75, 3.05) is 6.54 Å². The van der Waals surface area contributed by atoms with E-state index in [0.29, 0.717) is 6.54 Å². The van der Waals surface area contributed by atoms with Crippen molar-refractivity contribution < 1.29 is 9.53 Å². The van der Waals surface area contributed by atoms with Gasteiger partial charge in [0, 0.05) is 0 Å². The Kier molecular flexibility index (Phi) is 9.06. The molecular weight excluding hydrogens is 288 g/mol. The summed E-state index contributed by atoms with van der Waals surface area (Å²) in [6.45, 7) is 8.41. The number of rotatable bonds is 7. The smallest absolute Gasteiger partial charge is 0.237 e. The molecule has 1 aromatic rings. The van der Waals surface area contributed by atoms with Crippen molar-refractivity contribution >= 4 is 18.3 Å². The molecule has 0 aliphatic rings. The maximum absolute atomic E-state index is 11.9. The normalized spacial score (nSPS) is 14.5. The van der Waals surface area contributed by atoms with Crippen molar-refractivity contribution in [1.82, 2.24) is 5.32 Å². The number of nitrogens with two attached hydrogens (primary N) is 1. The van der Waals surface area contributed by atoms with Crippen LogP contribution in [0.3, 0.4) is 0 Å². The fourth-order valence-corrected chi connectivity index (χ4v) is 1.84. The minimum Gasteiger partial charge on any atom is -0.489 e. The molecule has 21 heavy (non-hydrogen) atoms. The first-order valence-corrected chi connectivity index (χ1v) is 7.20. The predicted molar refractivity (Wildman–Crippen MR) is 89.0 cm³/mol. The van der Waals surface area contributed by atoms with Crippen LogP contribution < -0.4 is 15.8 Å². The van der Waals surface area contributed by atoms with Crippen LogP contribution in [0, 0.1) is 12.8 Å². The van der Waals surface area contributed by atoms with Crippen molar-refractivity contribution in [3.63, 3.8) is 0 Å². The summed E-state index contributed by atoms with van der Waals surface area (Å²) in [6.07, 6.45) is 0.800. The van der Waals surface area contributed by atoms with Crippen LogP contribution in [-0.4, -0.2) is 24.6 Å². The highest BCUT2D eigenvalue weighted by molar-refractivity contribution is 5.85. The molecule has 0 saturated carbocycles. The average molecular weight is 315 g/mol. The van der Waals surface area contributed by atoms with E-state index in [1.54, 1.807) is 0 Å². The van der Waals surface area contributed by atoms with Gasteiger partial charge in [-0.2, -0.15) is 0 Å². The standard InChI is InChI=1S/C16H26N2O2.ClH/c1-5-12(3)15(17)16(19)18-10-13(4)20-14-8-6-7-11(2)9-14;/h6-9,12-13,15H,5,10,17H2,1-4H3,(H,18,19);1H. The maximum atomic E-state index is 11.9. The number of benzene rings is 1. The highest BCUT2D eigenvalue weighted by Crippen LogP contribution is 2.14. The van der Waals surface area contributed by atoms with Crippen LogP contribution in [0.4, 0.5) is 0 Å². The molecule has 0 saturated heterocycles. The molecule has 3 atom stereocenters. The van der Waals surface area contributed by atoms with Gasteiger partial charge in [-0.05, 0) is 37.5 Å². The Morgan fingerprint density at radius 2 is 2.05 bits per heavy atom. The van der Waals surface area contributed by atoms with E-state index in [1.807, 2.05) is 52.0 Å².